The topological polar surface area (TPSA) is 200 Å². The minimum atomic E-state index is -0.187. The molecule has 2 aromatic carbocycles. The Balaban J connectivity index is 0.000000198. The molecule has 19 heteroatoms. The fraction of sp³-hybridized carbons (Fsp3) is 0.579. The third-order valence-electron chi connectivity index (χ3n) is 23.9. The van der Waals surface area contributed by atoms with Crippen molar-refractivity contribution in [3.63, 3.8) is 0 Å². The molecule has 0 atom stereocenters. The van der Waals surface area contributed by atoms with E-state index in [-0.39, 0.29) is 59.9 Å². The Morgan fingerprint density at radius 1 is 0.373 bits per heavy atom. The average molecular weight is 1760 g/mol. The number of hydrogen-bond donors (Lipinski definition) is 3. The summed E-state index contributed by atoms with van der Waals surface area (Å²) < 4.78 is 13.1. The van der Waals surface area contributed by atoms with Crippen LogP contribution in [0.1, 0.15) is 343 Å². The van der Waals surface area contributed by atoms with Gasteiger partial charge in [-0.05, 0) is 266 Å². The quantitative estimate of drug-likeness (QED) is 0.0818. The standard InChI is InChI=1S/C39H56N4S.C37H53N5OS.C31H45N5OS/c1-36(2,3)18-15-26-21-28(33(38(7,8)9)31(22-26)37(4,5)6)13-14-29-23-30(24-41-34(29)40)32-25-42-35(44-32)27-16-19-43(20-17-27)39(10,11)12;1-34(2,3)16-13-27-20-28(30(35(4,5)6)31(41-27)36(7,8)9)43-23-26-19-25(21-39-32(26)38)29-22-40-33(44-29)24-14-17-42(18-15-24)37(10,11)12;1-29(2,3)23-11-10-12-24(26(23)30(4,5)6)37-20-22-17-21(18-33-27(22)32)25-19-34-28(38-25)35-13-15-36(16-14-35)31(7,8)9/h21-25,27H,13-14,16-17,19-20H2,1-12H3,(H2,40,41);19-22,24H,14-15,17-18,23H2,1-12H3,(H2,38,39);10-12,17-19H,13-16,20H2,1-9H3,(H2,32,33). The Labute approximate surface area is 772 Å². The van der Waals surface area contributed by atoms with Crippen LogP contribution in [-0.4, -0.2) is 119 Å². The third-order valence-corrected chi connectivity index (χ3v) is 27.4. The van der Waals surface area contributed by atoms with Crippen molar-refractivity contribution in [2.45, 2.75) is 341 Å². The van der Waals surface area contributed by atoms with E-state index in [0.29, 0.717) is 42.5 Å². The number of piperidine rings is 2. The summed E-state index contributed by atoms with van der Waals surface area (Å²) in [7, 11) is 0. The van der Waals surface area contributed by atoms with Crippen LogP contribution < -0.4 is 31.6 Å². The number of rotatable bonds is 15. The van der Waals surface area contributed by atoms with Crippen molar-refractivity contribution in [3.8, 4) is 66.5 Å². The molecule has 682 valence electrons. The highest BCUT2D eigenvalue weighted by atomic mass is 32.1. The molecule has 0 radical (unpaired) electrons. The van der Waals surface area contributed by atoms with Gasteiger partial charge in [0.05, 0.1) is 30.3 Å². The zero-order chi connectivity index (χ0) is 93.2. The van der Waals surface area contributed by atoms with Gasteiger partial charge in [0.1, 0.15) is 47.9 Å². The molecule has 3 saturated heterocycles. The van der Waals surface area contributed by atoms with Gasteiger partial charge in [-0.1, -0.05) is 166 Å². The summed E-state index contributed by atoms with van der Waals surface area (Å²) in [4.78, 5) is 46.8. The number of likely N-dealkylation sites (tertiary alicyclic amines) is 2. The summed E-state index contributed by atoms with van der Waals surface area (Å²) in [6, 6.07) is 19.5. The molecule has 0 bridgehead atoms. The Hall–Kier alpha value is -8.27. The first-order chi connectivity index (χ1) is 58.1. The predicted octanol–water partition coefficient (Wildman–Crippen LogP) is 25.2. The third kappa shape index (κ3) is 26.7. The SMILES string of the molecule is CC(C)(C)C#Cc1cc(CCc2cc(-c3cnc(C4CCN(C(C)(C)C)CC4)s3)cnc2N)c(C(C)(C)C)c(C(C)(C)C)c1.CC(C)(C)C#Cc1cc(OCc2cc(-c3cnc(C4CCN(C(C)(C)C)CC4)s3)cnc2N)c(C(C)(C)C)c(C(C)(C)C)n1.CC(C)(C)c1cccc(OCc2cc(-c3cnc(N4CCN(C(C)(C)C)CC4)s3)cnc2N)c1C(C)(C)C. The summed E-state index contributed by atoms with van der Waals surface area (Å²) >= 11 is 5.32. The molecule has 16 nitrogen and oxygen atoms in total. The molecule has 126 heavy (non-hydrogen) atoms. The number of anilines is 4. The van der Waals surface area contributed by atoms with E-state index in [9.17, 15) is 0 Å². The number of aromatic nitrogens is 7. The summed E-state index contributed by atoms with van der Waals surface area (Å²) in [5.41, 5.74) is 35.9. The van der Waals surface area contributed by atoms with Crippen LogP contribution in [-0.2, 0) is 58.5 Å². The second kappa shape index (κ2) is 38.8. The highest BCUT2D eigenvalue weighted by Crippen LogP contribution is 2.46. The largest absolute Gasteiger partial charge is 0.488 e. The Bertz CT molecular complexity index is 5110. The van der Waals surface area contributed by atoms with Gasteiger partial charge in [-0.3, -0.25) is 14.7 Å². The molecule has 0 saturated carbocycles. The van der Waals surface area contributed by atoms with Crippen LogP contribution in [0, 0.1) is 34.5 Å². The molecule has 3 aliphatic rings. The molecular formula is C107H154N14O2S3. The number of hydrogen-bond acceptors (Lipinski definition) is 19. The zero-order valence-corrected chi connectivity index (χ0v) is 85.8. The van der Waals surface area contributed by atoms with E-state index in [1.807, 2.05) is 54.6 Å². The number of piperazine rings is 1. The second-order valence-electron chi connectivity index (χ2n) is 46.5. The monoisotopic (exact) mass is 1760 g/mol. The highest BCUT2D eigenvalue weighted by Gasteiger charge is 2.37. The molecule has 3 aliphatic heterocycles. The first-order valence-corrected chi connectivity index (χ1v) is 48.4. The van der Waals surface area contributed by atoms with E-state index in [4.69, 9.17) is 46.6 Å². The molecule has 0 amide bonds. The lowest BCUT2D eigenvalue weighted by Crippen LogP contribution is -2.53. The maximum absolute atomic E-state index is 6.62. The van der Waals surface area contributed by atoms with Gasteiger partial charge in [-0.25, -0.2) is 34.9 Å². The fourth-order valence-electron chi connectivity index (χ4n) is 16.9. The van der Waals surface area contributed by atoms with Crippen LogP contribution in [0.4, 0.5) is 22.6 Å². The maximum atomic E-state index is 6.62. The van der Waals surface area contributed by atoms with Crippen LogP contribution in [0.5, 0.6) is 11.5 Å². The fourth-order valence-corrected chi connectivity index (χ4v) is 20.0. The lowest BCUT2D eigenvalue weighted by atomic mass is 9.72. The van der Waals surface area contributed by atoms with E-state index in [2.05, 4.69) is 335 Å². The molecule has 10 heterocycles. The lowest BCUT2D eigenvalue weighted by Gasteiger charge is -2.42. The van der Waals surface area contributed by atoms with Crippen LogP contribution in [0.25, 0.3) is 31.3 Å². The van der Waals surface area contributed by atoms with Crippen molar-refractivity contribution in [1.29, 1.82) is 0 Å². The molecule has 3 fully saturated rings. The van der Waals surface area contributed by atoms with E-state index in [1.165, 1.54) is 55.6 Å². The highest BCUT2D eigenvalue weighted by molar-refractivity contribution is 7.19. The van der Waals surface area contributed by atoms with Gasteiger partial charge in [-0.2, -0.15) is 0 Å². The average Bonchev–Trinajstić information content (AvgIpc) is 1.06. The van der Waals surface area contributed by atoms with Gasteiger partial charge >= 0.3 is 0 Å². The normalized spacial score (nSPS) is 15.7. The summed E-state index contributed by atoms with van der Waals surface area (Å²) in [6.07, 6.45) is 17.9. The molecule has 0 unspecified atom stereocenters. The summed E-state index contributed by atoms with van der Waals surface area (Å²) in [6.45, 7) is 83.3. The minimum absolute atomic E-state index is 0.00163. The van der Waals surface area contributed by atoms with E-state index < -0.39 is 0 Å². The van der Waals surface area contributed by atoms with Gasteiger partial charge in [0.2, 0.25) is 0 Å². The number of nitrogen functional groups attached to an aromatic ring is 3. The van der Waals surface area contributed by atoms with Crippen molar-refractivity contribution in [1.82, 2.24) is 49.6 Å². The smallest absolute Gasteiger partial charge is 0.185 e. The zero-order valence-electron chi connectivity index (χ0n) is 83.3. The molecule has 0 aliphatic carbocycles. The number of pyridine rings is 4. The molecular weight excluding hydrogens is 1610 g/mol. The van der Waals surface area contributed by atoms with Crippen LogP contribution in [0.15, 0.2) is 91.8 Å². The Kier molecular flexibility index (Phi) is 30.8. The van der Waals surface area contributed by atoms with Gasteiger partial charge in [0, 0.05) is 159 Å². The lowest BCUT2D eigenvalue weighted by molar-refractivity contribution is 0.102. The number of aryl methyl sites for hydroxylation is 2. The van der Waals surface area contributed by atoms with E-state index >= 15 is 0 Å². The first-order valence-electron chi connectivity index (χ1n) is 45.9. The van der Waals surface area contributed by atoms with E-state index in [1.54, 1.807) is 22.7 Å². The van der Waals surface area contributed by atoms with Crippen molar-refractivity contribution < 1.29 is 9.47 Å². The molecule has 7 aromatic heterocycles. The predicted molar refractivity (Wildman–Crippen MR) is 537 cm³/mol. The van der Waals surface area contributed by atoms with Crippen molar-refractivity contribution in [2.24, 2.45) is 10.8 Å². The second-order valence-corrected chi connectivity index (χ2v) is 49.6. The Morgan fingerprint density at radius 3 is 1.21 bits per heavy atom. The number of benzene rings is 2. The Morgan fingerprint density at radius 2 is 0.778 bits per heavy atom. The summed E-state index contributed by atoms with van der Waals surface area (Å²) in [5.74, 6) is 17.9. The number of nitrogens with two attached hydrogens (primary N) is 3. The van der Waals surface area contributed by atoms with Gasteiger partial charge in [0.15, 0.2) is 5.13 Å². The van der Waals surface area contributed by atoms with Crippen LogP contribution in [0.3, 0.4) is 0 Å². The summed E-state index contributed by atoms with van der Waals surface area (Å²) in [5, 5.41) is 3.54. The van der Waals surface area contributed by atoms with Crippen molar-refractivity contribution in [3.05, 3.63) is 169 Å². The van der Waals surface area contributed by atoms with Crippen LogP contribution >= 0.6 is 34.0 Å². The van der Waals surface area contributed by atoms with Crippen LogP contribution in [0.2, 0.25) is 0 Å². The number of nitrogens with zero attached hydrogens (tertiary/aromatic N) is 11. The minimum Gasteiger partial charge on any atom is -0.488 e. The number of ether oxygens (including phenoxy) is 2. The van der Waals surface area contributed by atoms with Crippen molar-refractivity contribution in [2.75, 3.05) is 74.5 Å². The van der Waals surface area contributed by atoms with Gasteiger partial charge in [0.25, 0.3) is 0 Å². The van der Waals surface area contributed by atoms with Crippen molar-refractivity contribution >= 4 is 56.6 Å². The molecule has 0 spiro atoms. The van der Waals surface area contributed by atoms with E-state index in [0.717, 1.165) is 160 Å². The first kappa shape index (κ1) is 99.9. The maximum Gasteiger partial charge on any atom is 0.185 e. The van der Waals surface area contributed by atoms with Gasteiger partial charge in [-0.15, -0.1) is 22.7 Å². The number of thiazole rings is 3. The molecule has 12 rings (SSSR count). The molecule has 9 aromatic rings. The van der Waals surface area contributed by atoms with Gasteiger partial charge < -0.3 is 31.6 Å². The molecule has 6 N–H and O–H groups in total.